The lowest BCUT2D eigenvalue weighted by atomic mass is 10.2. The van der Waals surface area contributed by atoms with Gasteiger partial charge in [-0.1, -0.05) is 29.3 Å². The number of nitrogens with zero attached hydrogens (tertiary/aromatic N) is 4. The van der Waals surface area contributed by atoms with Gasteiger partial charge in [-0.05, 0) is 12.1 Å². The Morgan fingerprint density at radius 2 is 1.55 bits per heavy atom. The number of halogens is 2. The fraction of sp³-hybridized carbons (Fsp3) is 0.375. The van der Waals surface area contributed by atoms with E-state index in [-0.39, 0.29) is 0 Å². The van der Waals surface area contributed by atoms with E-state index in [9.17, 15) is 0 Å². The third-order valence-corrected chi connectivity index (χ3v) is 4.56. The molecule has 0 amide bonds. The summed E-state index contributed by atoms with van der Waals surface area (Å²) in [7, 11) is 0. The van der Waals surface area contributed by atoms with Crippen LogP contribution in [0.3, 0.4) is 0 Å². The van der Waals surface area contributed by atoms with Crippen molar-refractivity contribution in [2.24, 2.45) is 0 Å². The van der Waals surface area contributed by atoms with E-state index in [0.717, 1.165) is 50.5 Å². The Bertz CT molecular complexity index is 593. The molecule has 22 heavy (non-hydrogen) atoms. The fourth-order valence-electron chi connectivity index (χ4n) is 2.64. The number of pyridine rings is 2. The number of rotatable bonds is 4. The van der Waals surface area contributed by atoms with E-state index in [4.69, 9.17) is 23.2 Å². The Balaban J connectivity index is 1.54. The molecule has 4 nitrogen and oxygen atoms in total. The lowest BCUT2D eigenvalue weighted by Crippen LogP contribution is -2.45. The van der Waals surface area contributed by atoms with Crippen LogP contribution in [-0.2, 0) is 13.1 Å². The zero-order valence-electron chi connectivity index (χ0n) is 12.3. The average molecular weight is 337 g/mol. The molecule has 1 aliphatic heterocycles. The summed E-state index contributed by atoms with van der Waals surface area (Å²) in [5.41, 5.74) is 2.09. The fourth-order valence-corrected chi connectivity index (χ4v) is 3.12. The molecule has 0 radical (unpaired) electrons. The van der Waals surface area contributed by atoms with Crippen molar-refractivity contribution in [1.29, 1.82) is 0 Å². The third kappa shape index (κ3) is 3.96. The summed E-state index contributed by atoms with van der Waals surface area (Å²) >= 11 is 12.4. The molecule has 3 rings (SSSR count). The van der Waals surface area contributed by atoms with E-state index >= 15 is 0 Å². The van der Waals surface area contributed by atoms with Crippen molar-refractivity contribution in [3.63, 3.8) is 0 Å². The first-order chi connectivity index (χ1) is 10.7. The van der Waals surface area contributed by atoms with Crippen LogP contribution in [0, 0.1) is 0 Å². The Morgan fingerprint density at radius 3 is 2.14 bits per heavy atom. The Kier molecular flexibility index (Phi) is 5.26. The summed E-state index contributed by atoms with van der Waals surface area (Å²) in [6, 6.07) is 6.05. The van der Waals surface area contributed by atoms with Crippen LogP contribution in [0.2, 0.25) is 10.0 Å². The molecule has 6 heteroatoms. The van der Waals surface area contributed by atoms with Gasteiger partial charge in [0.25, 0.3) is 0 Å². The molecule has 116 valence electrons. The minimum absolute atomic E-state index is 0.642. The standard InChI is InChI=1S/C16H18Cl2N4/c17-15-9-19-10-16(18)14(15)12-22-7-5-21(6-8-22)11-13-3-1-2-4-20-13/h1-4,9-10H,5-8,11-12H2. The smallest absolute Gasteiger partial charge is 0.0649 e. The van der Waals surface area contributed by atoms with Crippen molar-refractivity contribution < 1.29 is 0 Å². The van der Waals surface area contributed by atoms with Crippen molar-refractivity contribution in [3.05, 3.63) is 58.1 Å². The molecule has 0 aliphatic carbocycles. The molecular weight excluding hydrogens is 319 g/mol. The molecule has 0 N–H and O–H groups in total. The van der Waals surface area contributed by atoms with Gasteiger partial charge >= 0.3 is 0 Å². The van der Waals surface area contributed by atoms with Crippen molar-refractivity contribution in [2.45, 2.75) is 13.1 Å². The maximum absolute atomic E-state index is 6.19. The summed E-state index contributed by atoms with van der Waals surface area (Å²) in [6.07, 6.45) is 5.15. The van der Waals surface area contributed by atoms with Crippen LogP contribution in [0.25, 0.3) is 0 Å². The van der Waals surface area contributed by atoms with E-state index in [0.29, 0.717) is 10.0 Å². The van der Waals surface area contributed by atoms with Crippen LogP contribution < -0.4 is 0 Å². The van der Waals surface area contributed by atoms with E-state index in [1.807, 2.05) is 18.3 Å². The van der Waals surface area contributed by atoms with Gasteiger partial charge in [-0.3, -0.25) is 19.8 Å². The molecule has 0 bridgehead atoms. The predicted molar refractivity (Wildman–Crippen MR) is 89.0 cm³/mol. The minimum Gasteiger partial charge on any atom is -0.296 e. The largest absolute Gasteiger partial charge is 0.296 e. The van der Waals surface area contributed by atoms with Crippen LogP contribution in [0.5, 0.6) is 0 Å². The minimum atomic E-state index is 0.642. The summed E-state index contributed by atoms with van der Waals surface area (Å²) in [6.45, 7) is 5.74. The van der Waals surface area contributed by atoms with Gasteiger partial charge in [-0.25, -0.2) is 0 Å². The van der Waals surface area contributed by atoms with Crippen LogP contribution >= 0.6 is 23.2 Å². The lowest BCUT2D eigenvalue weighted by Gasteiger charge is -2.34. The van der Waals surface area contributed by atoms with E-state index in [2.05, 4.69) is 25.8 Å². The molecule has 2 aromatic rings. The molecular formula is C16H18Cl2N4. The van der Waals surface area contributed by atoms with E-state index in [1.54, 1.807) is 12.4 Å². The topological polar surface area (TPSA) is 32.3 Å². The van der Waals surface area contributed by atoms with E-state index < -0.39 is 0 Å². The average Bonchev–Trinajstić information content (AvgIpc) is 2.54. The Morgan fingerprint density at radius 1 is 0.909 bits per heavy atom. The highest BCUT2D eigenvalue weighted by atomic mass is 35.5. The van der Waals surface area contributed by atoms with Crippen LogP contribution in [0.4, 0.5) is 0 Å². The number of hydrogen-bond acceptors (Lipinski definition) is 4. The first-order valence-electron chi connectivity index (χ1n) is 7.35. The zero-order chi connectivity index (χ0) is 15.4. The highest BCUT2D eigenvalue weighted by Crippen LogP contribution is 2.24. The molecule has 1 saturated heterocycles. The highest BCUT2D eigenvalue weighted by Gasteiger charge is 2.19. The second-order valence-electron chi connectivity index (χ2n) is 5.46. The van der Waals surface area contributed by atoms with Gasteiger partial charge in [-0.15, -0.1) is 0 Å². The molecule has 0 saturated carbocycles. The van der Waals surface area contributed by atoms with Crippen LogP contribution in [0.15, 0.2) is 36.8 Å². The number of aromatic nitrogens is 2. The summed E-state index contributed by atoms with van der Waals surface area (Å²) < 4.78 is 0. The van der Waals surface area contributed by atoms with Crippen molar-refractivity contribution in [2.75, 3.05) is 26.2 Å². The monoisotopic (exact) mass is 336 g/mol. The van der Waals surface area contributed by atoms with Gasteiger partial charge in [0.05, 0.1) is 15.7 Å². The molecule has 1 fully saturated rings. The molecule has 0 spiro atoms. The lowest BCUT2D eigenvalue weighted by molar-refractivity contribution is 0.121. The zero-order valence-corrected chi connectivity index (χ0v) is 13.8. The maximum Gasteiger partial charge on any atom is 0.0649 e. The molecule has 2 aromatic heterocycles. The molecule has 1 aliphatic rings. The van der Waals surface area contributed by atoms with Gasteiger partial charge in [0.2, 0.25) is 0 Å². The number of hydrogen-bond donors (Lipinski definition) is 0. The first kappa shape index (κ1) is 15.7. The van der Waals surface area contributed by atoms with Gasteiger partial charge in [-0.2, -0.15) is 0 Å². The molecule has 0 aromatic carbocycles. The van der Waals surface area contributed by atoms with Crippen molar-refractivity contribution in [3.8, 4) is 0 Å². The molecule has 0 unspecified atom stereocenters. The SMILES string of the molecule is Clc1cncc(Cl)c1CN1CCN(Cc2ccccn2)CC1. The van der Waals surface area contributed by atoms with E-state index in [1.165, 1.54) is 0 Å². The van der Waals surface area contributed by atoms with Crippen molar-refractivity contribution >= 4 is 23.2 Å². The first-order valence-corrected chi connectivity index (χ1v) is 8.10. The van der Waals surface area contributed by atoms with Gasteiger partial charge < -0.3 is 0 Å². The van der Waals surface area contributed by atoms with Gasteiger partial charge in [0.1, 0.15) is 0 Å². The van der Waals surface area contributed by atoms with Crippen LogP contribution in [0.1, 0.15) is 11.3 Å². The Hall–Kier alpha value is -1.20. The Labute approximate surface area is 140 Å². The summed E-state index contributed by atoms with van der Waals surface area (Å²) in [5, 5.41) is 1.28. The number of piperazine rings is 1. The van der Waals surface area contributed by atoms with Gasteiger partial charge in [0.15, 0.2) is 0 Å². The summed E-state index contributed by atoms with van der Waals surface area (Å²) in [4.78, 5) is 13.2. The van der Waals surface area contributed by atoms with Crippen LogP contribution in [-0.4, -0.2) is 45.9 Å². The molecule has 3 heterocycles. The molecule has 0 atom stereocenters. The third-order valence-electron chi connectivity index (χ3n) is 3.91. The second kappa shape index (κ2) is 7.38. The van der Waals surface area contributed by atoms with Crippen molar-refractivity contribution in [1.82, 2.24) is 19.8 Å². The predicted octanol–water partition coefficient (Wildman–Crippen LogP) is 3.10. The summed E-state index contributed by atoms with van der Waals surface area (Å²) in [5.74, 6) is 0. The second-order valence-corrected chi connectivity index (χ2v) is 6.27. The maximum atomic E-state index is 6.19. The quantitative estimate of drug-likeness (QED) is 0.858. The van der Waals surface area contributed by atoms with Gasteiger partial charge in [0, 0.05) is 63.4 Å². The highest BCUT2D eigenvalue weighted by molar-refractivity contribution is 6.35. The normalized spacial score (nSPS) is 16.8.